The average Bonchev–Trinajstić information content (AvgIpc) is 2.59. The second-order valence-corrected chi connectivity index (χ2v) is 6.79. The van der Waals surface area contributed by atoms with Gasteiger partial charge in [-0.3, -0.25) is 5.21 Å². The van der Waals surface area contributed by atoms with Gasteiger partial charge in [0, 0.05) is 17.3 Å². The summed E-state index contributed by atoms with van der Waals surface area (Å²) in [7, 11) is 0. The minimum Gasteiger partial charge on any atom is -0.733 e. The van der Waals surface area contributed by atoms with E-state index in [9.17, 15) is 18.4 Å². The third kappa shape index (κ3) is 3.15. The molecule has 1 aliphatic rings. The van der Waals surface area contributed by atoms with Crippen LogP contribution >= 0.6 is 23.4 Å². The van der Waals surface area contributed by atoms with Gasteiger partial charge in [-0.15, -0.1) is 11.6 Å². The fraction of sp³-hybridized carbons (Fsp3) is 0.250. The molecule has 0 fully saturated rings. The number of rotatable bonds is 5. The normalized spacial score (nSPS) is 12.8. The van der Waals surface area contributed by atoms with Gasteiger partial charge in [-0.1, -0.05) is 23.9 Å². The molecule has 2 aromatic rings. The van der Waals surface area contributed by atoms with Gasteiger partial charge >= 0.3 is 0 Å². The Labute approximate surface area is 151 Å². The first-order valence-corrected chi connectivity index (χ1v) is 8.79. The van der Waals surface area contributed by atoms with Crippen LogP contribution in [-0.4, -0.2) is 17.6 Å². The van der Waals surface area contributed by atoms with Crippen LogP contribution in [0.15, 0.2) is 34.1 Å². The zero-order valence-corrected chi connectivity index (χ0v) is 14.4. The van der Waals surface area contributed by atoms with E-state index in [2.05, 4.69) is 0 Å². The number of benzene rings is 2. The van der Waals surface area contributed by atoms with Crippen molar-refractivity contribution in [3.63, 3.8) is 0 Å². The van der Waals surface area contributed by atoms with Crippen LogP contribution in [0.3, 0.4) is 0 Å². The van der Waals surface area contributed by atoms with Crippen LogP contribution in [0.25, 0.3) is 0 Å². The van der Waals surface area contributed by atoms with Gasteiger partial charge < -0.3 is 15.3 Å². The molecule has 3 rings (SSSR count). The lowest BCUT2D eigenvalue weighted by atomic mass is 10.1. The molecule has 0 bridgehead atoms. The third-order valence-electron chi connectivity index (χ3n) is 3.83. The van der Waals surface area contributed by atoms with Gasteiger partial charge in [-0.05, 0) is 25.0 Å². The van der Waals surface area contributed by atoms with Crippen molar-refractivity contribution in [1.82, 2.24) is 0 Å². The highest BCUT2D eigenvalue weighted by molar-refractivity contribution is 7.99. The van der Waals surface area contributed by atoms with Crippen molar-refractivity contribution in [2.75, 3.05) is 22.6 Å². The molecule has 0 saturated carbocycles. The summed E-state index contributed by atoms with van der Waals surface area (Å²) in [6.45, 7) is 0.295. The molecule has 0 atom stereocenters. The van der Waals surface area contributed by atoms with Crippen LogP contribution in [0.5, 0.6) is 0 Å². The van der Waals surface area contributed by atoms with Gasteiger partial charge in [0.25, 0.3) is 0 Å². The molecule has 0 radical (unpaired) electrons. The molecule has 9 heteroatoms. The zero-order chi connectivity index (χ0) is 18.1. The van der Waals surface area contributed by atoms with Crippen LogP contribution in [0.2, 0.25) is 0 Å². The van der Waals surface area contributed by atoms with Crippen LogP contribution < -0.4 is 10.1 Å². The molecule has 25 heavy (non-hydrogen) atoms. The molecular formula is C16H13ClF3N2O2S-. The zero-order valence-electron chi connectivity index (χ0n) is 12.8. The molecule has 0 aliphatic carbocycles. The van der Waals surface area contributed by atoms with Crippen molar-refractivity contribution in [1.29, 1.82) is 0 Å². The van der Waals surface area contributed by atoms with E-state index in [0.29, 0.717) is 35.8 Å². The number of hydrogen-bond donors (Lipinski definition) is 1. The SMILES string of the molecule is [O-]N(O)c1c(F)c(F)c2c(c1F)N(CCCCCl)c1ccccc1S2. The summed E-state index contributed by atoms with van der Waals surface area (Å²) < 4.78 is 43.3. The van der Waals surface area contributed by atoms with E-state index in [0.717, 1.165) is 11.8 Å². The number of para-hydroxylation sites is 1. The summed E-state index contributed by atoms with van der Waals surface area (Å²) in [5.41, 5.74) is -1.01. The molecule has 1 N–H and O–H groups in total. The van der Waals surface area contributed by atoms with Crippen molar-refractivity contribution >= 4 is 40.4 Å². The van der Waals surface area contributed by atoms with E-state index < -0.39 is 28.4 Å². The Morgan fingerprint density at radius 2 is 1.84 bits per heavy atom. The molecule has 0 aromatic heterocycles. The lowest BCUT2D eigenvalue weighted by Crippen LogP contribution is -2.26. The van der Waals surface area contributed by atoms with Crippen molar-refractivity contribution in [3.05, 3.63) is 46.9 Å². The molecule has 0 saturated heterocycles. The van der Waals surface area contributed by atoms with Crippen LogP contribution in [-0.2, 0) is 0 Å². The number of hydrogen-bond acceptors (Lipinski definition) is 5. The number of alkyl halides is 1. The van der Waals surface area contributed by atoms with E-state index in [1.165, 1.54) is 4.90 Å². The fourth-order valence-electron chi connectivity index (χ4n) is 2.71. The molecule has 0 spiro atoms. The topological polar surface area (TPSA) is 49.8 Å². The summed E-state index contributed by atoms with van der Waals surface area (Å²) in [6.07, 6.45) is 1.23. The molecule has 1 aliphatic heterocycles. The van der Waals surface area contributed by atoms with Crippen LogP contribution in [0, 0.1) is 22.7 Å². The van der Waals surface area contributed by atoms with Crippen LogP contribution in [0.1, 0.15) is 12.8 Å². The monoisotopic (exact) mass is 389 g/mol. The van der Waals surface area contributed by atoms with Gasteiger partial charge in [0.1, 0.15) is 5.69 Å². The maximum atomic E-state index is 14.8. The number of fused-ring (bicyclic) bond motifs is 2. The molecule has 1 heterocycles. The standard InChI is InChI=1S/C16H13ClF3N2O2S/c17-7-3-4-8-21-9-5-1-2-6-10(9)25-16-12(19)11(18)14(22(23)24)13(20)15(16)21/h1-2,5-6,23H,3-4,7-8H2/q-1. The van der Waals surface area contributed by atoms with Gasteiger partial charge in [0.05, 0.1) is 16.3 Å². The summed E-state index contributed by atoms with van der Waals surface area (Å²) in [4.78, 5) is 1.86. The van der Waals surface area contributed by atoms with Gasteiger partial charge in [0.2, 0.25) is 0 Å². The van der Waals surface area contributed by atoms with E-state index in [-0.39, 0.29) is 10.6 Å². The minimum absolute atomic E-state index is 0.259. The van der Waals surface area contributed by atoms with Crippen molar-refractivity contribution < 1.29 is 18.4 Å². The van der Waals surface area contributed by atoms with Crippen molar-refractivity contribution in [3.8, 4) is 0 Å². The Balaban J connectivity index is 2.20. The number of halogens is 4. The predicted octanol–water partition coefficient (Wildman–Crippen LogP) is 5.42. The highest BCUT2D eigenvalue weighted by Crippen LogP contribution is 2.52. The maximum absolute atomic E-state index is 14.8. The average molecular weight is 390 g/mol. The van der Waals surface area contributed by atoms with E-state index in [1.54, 1.807) is 24.3 Å². The molecular weight excluding hydrogens is 377 g/mol. The molecule has 134 valence electrons. The van der Waals surface area contributed by atoms with Gasteiger partial charge in [0.15, 0.2) is 17.5 Å². The molecule has 0 unspecified atom stereocenters. The number of anilines is 3. The Morgan fingerprint density at radius 1 is 1.12 bits per heavy atom. The van der Waals surface area contributed by atoms with Crippen molar-refractivity contribution in [2.45, 2.75) is 22.6 Å². The molecule has 0 amide bonds. The second kappa shape index (κ2) is 7.33. The Bertz CT molecular complexity index is 807. The highest BCUT2D eigenvalue weighted by Gasteiger charge is 2.34. The summed E-state index contributed by atoms with van der Waals surface area (Å²) in [5, 5.41) is 19.1. The van der Waals surface area contributed by atoms with E-state index >= 15 is 0 Å². The Hall–Kier alpha value is -1.61. The summed E-state index contributed by atoms with van der Waals surface area (Å²) in [6, 6.07) is 6.91. The lowest BCUT2D eigenvalue weighted by Gasteiger charge is -2.35. The molecule has 4 nitrogen and oxygen atoms in total. The minimum atomic E-state index is -1.72. The predicted molar refractivity (Wildman–Crippen MR) is 91.5 cm³/mol. The third-order valence-corrected chi connectivity index (χ3v) is 5.23. The summed E-state index contributed by atoms with van der Waals surface area (Å²) in [5.74, 6) is -3.99. The highest BCUT2D eigenvalue weighted by atomic mass is 35.5. The maximum Gasteiger partial charge on any atom is 0.187 e. The Morgan fingerprint density at radius 3 is 2.52 bits per heavy atom. The van der Waals surface area contributed by atoms with E-state index in [1.807, 2.05) is 0 Å². The molecule has 2 aromatic carbocycles. The van der Waals surface area contributed by atoms with Crippen molar-refractivity contribution in [2.24, 2.45) is 0 Å². The fourth-order valence-corrected chi connectivity index (χ4v) is 4.03. The Kier molecular flexibility index (Phi) is 5.33. The first kappa shape index (κ1) is 18.2. The van der Waals surface area contributed by atoms with Gasteiger partial charge in [-0.2, -0.15) is 0 Å². The first-order chi connectivity index (χ1) is 12.0. The first-order valence-electron chi connectivity index (χ1n) is 7.44. The van der Waals surface area contributed by atoms with Gasteiger partial charge in [-0.25, -0.2) is 13.2 Å². The largest absolute Gasteiger partial charge is 0.733 e. The number of nitrogens with zero attached hydrogens (tertiary/aromatic N) is 2. The summed E-state index contributed by atoms with van der Waals surface area (Å²) >= 11 is 6.55. The lowest BCUT2D eigenvalue weighted by molar-refractivity contribution is 0.285. The van der Waals surface area contributed by atoms with Crippen LogP contribution in [0.4, 0.5) is 30.2 Å². The quantitative estimate of drug-likeness (QED) is 0.320. The second-order valence-electron chi connectivity index (χ2n) is 5.36. The number of unbranched alkanes of at least 4 members (excludes halogenated alkanes) is 1. The smallest absolute Gasteiger partial charge is 0.187 e. The van der Waals surface area contributed by atoms with E-state index in [4.69, 9.17) is 16.8 Å².